The van der Waals surface area contributed by atoms with Gasteiger partial charge in [0, 0.05) is 13.1 Å². The number of likely N-dealkylation sites (N-methyl/N-ethyl adjacent to an activating group) is 1. The molecule has 1 unspecified atom stereocenters. The number of benzene rings is 2. The molecule has 28 heavy (non-hydrogen) atoms. The summed E-state index contributed by atoms with van der Waals surface area (Å²) in [5, 5.41) is 3.68. The van der Waals surface area contributed by atoms with Gasteiger partial charge in [-0.05, 0) is 60.3 Å². The molecule has 0 aliphatic carbocycles. The van der Waals surface area contributed by atoms with Gasteiger partial charge in [0.25, 0.3) is 0 Å². The Labute approximate surface area is 169 Å². The van der Waals surface area contributed by atoms with Crippen molar-refractivity contribution in [1.82, 2.24) is 10.2 Å². The lowest BCUT2D eigenvalue weighted by atomic mass is 9.84. The number of fused-ring (bicyclic) bond motifs is 1. The molecule has 1 aliphatic rings. The first-order valence-electron chi connectivity index (χ1n) is 10.1. The minimum atomic E-state index is 0.164. The SMILES string of the molecule is COc1cc2c(cc1OCCN(C)C)C(c1ccc(C(C)(C)C)cc1)NCC2. The molecular formula is C24H34N2O2. The summed E-state index contributed by atoms with van der Waals surface area (Å²) < 4.78 is 11.7. The lowest BCUT2D eigenvalue weighted by Crippen LogP contribution is -2.30. The number of rotatable bonds is 6. The molecule has 0 saturated carbocycles. The van der Waals surface area contributed by atoms with Gasteiger partial charge in [-0.15, -0.1) is 0 Å². The van der Waals surface area contributed by atoms with Gasteiger partial charge in [0.2, 0.25) is 0 Å². The Balaban J connectivity index is 1.91. The van der Waals surface area contributed by atoms with Crippen LogP contribution in [-0.4, -0.2) is 45.8 Å². The van der Waals surface area contributed by atoms with E-state index in [9.17, 15) is 0 Å². The van der Waals surface area contributed by atoms with Gasteiger partial charge in [-0.3, -0.25) is 0 Å². The number of ether oxygens (including phenoxy) is 2. The fourth-order valence-corrected chi connectivity index (χ4v) is 3.65. The lowest BCUT2D eigenvalue weighted by molar-refractivity contribution is 0.250. The number of hydrogen-bond donors (Lipinski definition) is 1. The molecule has 1 N–H and O–H groups in total. The first kappa shape index (κ1) is 20.7. The molecule has 3 rings (SSSR count). The molecular weight excluding hydrogens is 348 g/mol. The minimum absolute atomic E-state index is 0.164. The third-order valence-electron chi connectivity index (χ3n) is 5.39. The first-order chi connectivity index (χ1) is 13.3. The summed E-state index contributed by atoms with van der Waals surface area (Å²) in [5.41, 5.74) is 5.43. The van der Waals surface area contributed by atoms with Gasteiger partial charge < -0.3 is 19.7 Å². The van der Waals surface area contributed by atoms with Crippen LogP contribution in [0.2, 0.25) is 0 Å². The summed E-state index contributed by atoms with van der Waals surface area (Å²) in [5.74, 6) is 1.64. The first-order valence-corrected chi connectivity index (χ1v) is 10.1. The van der Waals surface area contributed by atoms with Gasteiger partial charge in [0.1, 0.15) is 6.61 Å². The van der Waals surface area contributed by atoms with E-state index in [1.54, 1.807) is 7.11 Å². The molecule has 4 nitrogen and oxygen atoms in total. The van der Waals surface area contributed by atoms with E-state index in [-0.39, 0.29) is 11.5 Å². The van der Waals surface area contributed by atoms with Gasteiger partial charge in [-0.1, -0.05) is 45.0 Å². The van der Waals surface area contributed by atoms with Crippen molar-refractivity contribution in [2.75, 3.05) is 40.9 Å². The second-order valence-corrected chi connectivity index (χ2v) is 8.86. The second kappa shape index (κ2) is 8.54. The van der Waals surface area contributed by atoms with Crippen LogP contribution < -0.4 is 14.8 Å². The highest BCUT2D eigenvalue weighted by molar-refractivity contribution is 5.51. The molecule has 152 valence electrons. The molecule has 2 aromatic carbocycles. The molecule has 0 spiro atoms. The molecule has 1 heterocycles. The van der Waals surface area contributed by atoms with Crippen LogP contribution in [-0.2, 0) is 11.8 Å². The molecule has 0 fully saturated rings. The normalized spacial score (nSPS) is 16.8. The van der Waals surface area contributed by atoms with Crippen molar-refractivity contribution in [2.45, 2.75) is 38.6 Å². The maximum atomic E-state index is 6.06. The number of nitrogens with zero attached hydrogens (tertiary/aromatic N) is 1. The quantitative estimate of drug-likeness (QED) is 0.813. The number of methoxy groups -OCH3 is 1. The van der Waals surface area contributed by atoms with Crippen molar-refractivity contribution in [3.8, 4) is 11.5 Å². The average Bonchev–Trinajstić information content (AvgIpc) is 2.66. The van der Waals surface area contributed by atoms with E-state index in [1.807, 2.05) is 0 Å². The molecule has 0 radical (unpaired) electrons. The van der Waals surface area contributed by atoms with Crippen LogP contribution >= 0.6 is 0 Å². The summed E-state index contributed by atoms with van der Waals surface area (Å²) in [4.78, 5) is 2.12. The van der Waals surface area contributed by atoms with Crippen LogP contribution in [0.1, 0.15) is 49.1 Å². The molecule has 0 amide bonds. The van der Waals surface area contributed by atoms with Crippen molar-refractivity contribution < 1.29 is 9.47 Å². The smallest absolute Gasteiger partial charge is 0.161 e. The fraction of sp³-hybridized carbons (Fsp3) is 0.500. The Morgan fingerprint density at radius 1 is 1.07 bits per heavy atom. The summed E-state index contributed by atoms with van der Waals surface area (Å²) in [6, 6.07) is 13.5. The highest BCUT2D eigenvalue weighted by Crippen LogP contribution is 2.38. The van der Waals surface area contributed by atoms with Crippen molar-refractivity contribution in [3.63, 3.8) is 0 Å². The monoisotopic (exact) mass is 382 g/mol. The number of hydrogen-bond acceptors (Lipinski definition) is 4. The Bertz CT molecular complexity index is 791. The van der Waals surface area contributed by atoms with Gasteiger partial charge in [0.05, 0.1) is 13.2 Å². The molecule has 1 atom stereocenters. The Morgan fingerprint density at radius 3 is 2.39 bits per heavy atom. The van der Waals surface area contributed by atoms with E-state index in [4.69, 9.17) is 9.47 Å². The summed E-state index contributed by atoms with van der Waals surface area (Å²) in [7, 11) is 5.81. The van der Waals surface area contributed by atoms with Crippen molar-refractivity contribution in [1.29, 1.82) is 0 Å². The Hall–Kier alpha value is -2.04. The van der Waals surface area contributed by atoms with E-state index in [1.165, 1.54) is 22.3 Å². The van der Waals surface area contributed by atoms with Gasteiger partial charge in [0.15, 0.2) is 11.5 Å². The van der Waals surface area contributed by atoms with Crippen LogP contribution in [0.25, 0.3) is 0 Å². The van der Waals surface area contributed by atoms with E-state index >= 15 is 0 Å². The summed E-state index contributed by atoms with van der Waals surface area (Å²) >= 11 is 0. The minimum Gasteiger partial charge on any atom is -0.493 e. The maximum absolute atomic E-state index is 6.06. The summed E-state index contributed by atoms with van der Waals surface area (Å²) in [6.07, 6.45) is 1.00. The zero-order chi connectivity index (χ0) is 20.3. The molecule has 4 heteroatoms. The topological polar surface area (TPSA) is 33.7 Å². The molecule has 2 aromatic rings. The molecule has 0 bridgehead atoms. The average molecular weight is 383 g/mol. The predicted octanol–water partition coefficient (Wildman–Crippen LogP) is 4.17. The van der Waals surface area contributed by atoms with E-state index in [2.05, 4.69) is 81.5 Å². The van der Waals surface area contributed by atoms with E-state index in [0.29, 0.717) is 6.61 Å². The van der Waals surface area contributed by atoms with Crippen molar-refractivity contribution in [3.05, 3.63) is 58.7 Å². The predicted molar refractivity (Wildman–Crippen MR) is 116 cm³/mol. The van der Waals surface area contributed by atoms with Crippen molar-refractivity contribution >= 4 is 0 Å². The van der Waals surface area contributed by atoms with E-state index in [0.717, 1.165) is 31.0 Å². The second-order valence-electron chi connectivity index (χ2n) is 8.86. The molecule has 0 saturated heterocycles. The Kier molecular flexibility index (Phi) is 6.31. The van der Waals surface area contributed by atoms with Crippen LogP contribution in [0.4, 0.5) is 0 Å². The third kappa shape index (κ3) is 4.68. The number of nitrogens with one attached hydrogen (secondary N) is 1. The largest absolute Gasteiger partial charge is 0.493 e. The maximum Gasteiger partial charge on any atom is 0.161 e. The van der Waals surface area contributed by atoms with Gasteiger partial charge in [-0.25, -0.2) is 0 Å². The zero-order valence-electron chi connectivity index (χ0n) is 18.1. The van der Waals surface area contributed by atoms with Crippen molar-refractivity contribution in [2.24, 2.45) is 0 Å². The van der Waals surface area contributed by atoms with E-state index < -0.39 is 0 Å². The standard InChI is InChI=1S/C24H34N2O2/c1-24(2,3)19-9-7-17(8-10-19)23-20-16-22(28-14-13-26(4)5)21(27-6)15-18(20)11-12-25-23/h7-10,15-16,23,25H,11-14H2,1-6H3. The third-order valence-corrected chi connectivity index (χ3v) is 5.39. The van der Waals surface area contributed by atoms with Crippen LogP contribution in [0.3, 0.4) is 0 Å². The molecule has 0 aromatic heterocycles. The van der Waals surface area contributed by atoms with Crippen LogP contribution in [0, 0.1) is 0 Å². The van der Waals surface area contributed by atoms with Gasteiger partial charge >= 0.3 is 0 Å². The fourth-order valence-electron chi connectivity index (χ4n) is 3.65. The molecule has 1 aliphatic heterocycles. The lowest BCUT2D eigenvalue weighted by Gasteiger charge is -2.29. The highest BCUT2D eigenvalue weighted by Gasteiger charge is 2.24. The van der Waals surface area contributed by atoms with Crippen LogP contribution in [0.15, 0.2) is 36.4 Å². The highest BCUT2D eigenvalue weighted by atomic mass is 16.5. The zero-order valence-corrected chi connectivity index (χ0v) is 18.1. The van der Waals surface area contributed by atoms with Gasteiger partial charge in [-0.2, -0.15) is 0 Å². The summed E-state index contributed by atoms with van der Waals surface area (Å²) in [6.45, 7) is 9.22. The van der Waals surface area contributed by atoms with Crippen LogP contribution in [0.5, 0.6) is 11.5 Å². The Morgan fingerprint density at radius 2 is 1.79 bits per heavy atom.